The third-order valence-corrected chi connectivity index (χ3v) is 6.13. The predicted molar refractivity (Wildman–Crippen MR) is 70.7 cm³/mol. The molecule has 1 atom stereocenters. The molecule has 1 heterocycles. The molecule has 0 aliphatic carbocycles. The number of thiophene rings is 1. The summed E-state index contributed by atoms with van der Waals surface area (Å²) in [7, 11) is -2.56. The summed E-state index contributed by atoms with van der Waals surface area (Å²) in [5.74, 6) is -1.27. The Morgan fingerprint density at radius 2 is 2.21 bits per heavy atom. The standard InChI is InChI=1S/C11H14N2O4S2/c1-7-6-18-9(11(14)15)10(7)19(16,17)13(3)8(2)4-5-12/h6,8H,4H2,1-3H3,(H,14,15). The monoisotopic (exact) mass is 302 g/mol. The van der Waals surface area contributed by atoms with Gasteiger partial charge in [-0.1, -0.05) is 0 Å². The summed E-state index contributed by atoms with van der Waals surface area (Å²) in [6.45, 7) is 3.15. The summed E-state index contributed by atoms with van der Waals surface area (Å²) in [4.78, 5) is 10.7. The van der Waals surface area contributed by atoms with Gasteiger partial charge in [0.1, 0.15) is 9.77 Å². The molecule has 0 bridgehead atoms. The molecule has 0 aliphatic heterocycles. The summed E-state index contributed by atoms with van der Waals surface area (Å²) in [5.41, 5.74) is 0.401. The lowest BCUT2D eigenvalue weighted by Gasteiger charge is -2.22. The van der Waals surface area contributed by atoms with Crippen molar-refractivity contribution in [3.05, 3.63) is 15.8 Å². The number of carboxylic acids is 1. The Bertz CT molecular complexity index is 628. The average Bonchev–Trinajstić information content (AvgIpc) is 2.71. The minimum atomic E-state index is -3.91. The first-order valence-electron chi connectivity index (χ1n) is 5.39. The number of aryl methyl sites for hydroxylation is 1. The van der Waals surface area contributed by atoms with E-state index in [1.54, 1.807) is 13.8 Å². The van der Waals surface area contributed by atoms with E-state index in [1.807, 2.05) is 6.07 Å². The molecule has 0 spiro atoms. The number of nitriles is 1. The van der Waals surface area contributed by atoms with Gasteiger partial charge in [-0.25, -0.2) is 13.2 Å². The van der Waals surface area contributed by atoms with Crippen molar-refractivity contribution in [2.24, 2.45) is 0 Å². The van der Waals surface area contributed by atoms with Gasteiger partial charge >= 0.3 is 5.97 Å². The second kappa shape index (κ2) is 5.69. The lowest BCUT2D eigenvalue weighted by Crippen LogP contribution is -2.35. The maximum Gasteiger partial charge on any atom is 0.347 e. The molecular formula is C11H14N2O4S2. The molecule has 6 nitrogen and oxygen atoms in total. The van der Waals surface area contributed by atoms with Crippen LogP contribution in [0.25, 0.3) is 0 Å². The quantitative estimate of drug-likeness (QED) is 0.892. The zero-order chi connectivity index (χ0) is 14.8. The van der Waals surface area contributed by atoms with E-state index in [4.69, 9.17) is 10.4 Å². The van der Waals surface area contributed by atoms with Crippen LogP contribution in [0.5, 0.6) is 0 Å². The molecule has 1 rings (SSSR count). The van der Waals surface area contributed by atoms with Crippen molar-refractivity contribution in [3.8, 4) is 6.07 Å². The number of carboxylic acid groups (broad SMARTS) is 1. The molecule has 0 saturated heterocycles. The van der Waals surface area contributed by atoms with Crippen molar-refractivity contribution in [2.75, 3.05) is 7.05 Å². The molecule has 19 heavy (non-hydrogen) atoms. The van der Waals surface area contributed by atoms with E-state index < -0.39 is 22.0 Å². The van der Waals surface area contributed by atoms with Gasteiger partial charge in [0, 0.05) is 13.1 Å². The Labute approximate surface area is 115 Å². The van der Waals surface area contributed by atoms with Crippen LogP contribution < -0.4 is 0 Å². The van der Waals surface area contributed by atoms with Crippen LogP contribution >= 0.6 is 11.3 Å². The first kappa shape index (κ1) is 15.6. The fourth-order valence-corrected chi connectivity index (χ4v) is 4.48. The Morgan fingerprint density at radius 3 is 2.68 bits per heavy atom. The van der Waals surface area contributed by atoms with E-state index in [-0.39, 0.29) is 16.2 Å². The van der Waals surface area contributed by atoms with E-state index in [0.29, 0.717) is 5.56 Å². The van der Waals surface area contributed by atoms with Crippen LogP contribution in [-0.2, 0) is 10.0 Å². The van der Waals surface area contributed by atoms with Crippen LogP contribution in [0.3, 0.4) is 0 Å². The van der Waals surface area contributed by atoms with E-state index >= 15 is 0 Å². The number of hydrogen-bond donors (Lipinski definition) is 1. The zero-order valence-corrected chi connectivity index (χ0v) is 12.4. The second-order valence-electron chi connectivity index (χ2n) is 4.11. The normalized spacial score (nSPS) is 13.2. The van der Waals surface area contributed by atoms with Gasteiger partial charge in [0.15, 0.2) is 0 Å². The highest BCUT2D eigenvalue weighted by Gasteiger charge is 2.32. The van der Waals surface area contributed by atoms with Gasteiger partial charge < -0.3 is 5.11 Å². The van der Waals surface area contributed by atoms with E-state index in [0.717, 1.165) is 15.6 Å². The van der Waals surface area contributed by atoms with E-state index in [9.17, 15) is 13.2 Å². The summed E-state index contributed by atoms with van der Waals surface area (Å²) < 4.78 is 25.9. The summed E-state index contributed by atoms with van der Waals surface area (Å²) >= 11 is 0.883. The van der Waals surface area contributed by atoms with Crippen molar-refractivity contribution in [1.82, 2.24) is 4.31 Å². The maximum absolute atomic E-state index is 12.4. The Kier molecular flexibility index (Phi) is 4.68. The first-order chi connectivity index (χ1) is 8.73. The summed E-state index contributed by atoms with van der Waals surface area (Å²) in [6.07, 6.45) is 0.0430. The highest BCUT2D eigenvalue weighted by atomic mass is 32.2. The van der Waals surface area contributed by atoms with Gasteiger partial charge in [-0.05, 0) is 24.8 Å². The zero-order valence-electron chi connectivity index (χ0n) is 10.7. The van der Waals surface area contributed by atoms with Crippen LogP contribution in [0.4, 0.5) is 0 Å². The second-order valence-corrected chi connectivity index (χ2v) is 6.93. The average molecular weight is 302 g/mol. The summed E-state index contributed by atoms with van der Waals surface area (Å²) in [6, 6.07) is 1.38. The largest absolute Gasteiger partial charge is 0.477 e. The number of hydrogen-bond acceptors (Lipinski definition) is 5. The molecule has 1 unspecified atom stereocenters. The predicted octanol–water partition coefficient (Wildman–Crippen LogP) is 1.68. The molecule has 104 valence electrons. The van der Waals surface area contributed by atoms with Crippen molar-refractivity contribution >= 4 is 27.3 Å². The molecule has 8 heteroatoms. The topological polar surface area (TPSA) is 98.5 Å². The number of aromatic carboxylic acids is 1. The highest BCUT2D eigenvalue weighted by molar-refractivity contribution is 7.89. The number of sulfonamides is 1. The minimum Gasteiger partial charge on any atom is -0.477 e. The van der Waals surface area contributed by atoms with E-state index in [1.165, 1.54) is 12.4 Å². The van der Waals surface area contributed by atoms with Gasteiger partial charge in [-0.3, -0.25) is 0 Å². The molecular weight excluding hydrogens is 288 g/mol. The van der Waals surface area contributed by atoms with E-state index in [2.05, 4.69) is 0 Å². The molecule has 0 radical (unpaired) electrons. The van der Waals surface area contributed by atoms with Crippen LogP contribution in [0, 0.1) is 18.3 Å². The fourth-order valence-electron chi connectivity index (χ4n) is 1.54. The van der Waals surface area contributed by atoms with Crippen LogP contribution in [0.1, 0.15) is 28.6 Å². The molecule has 0 saturated carbocycles. The number of nitrogens with zero attached hydrogens (tertiary/aromatic N) is 2. The maximum atomic E-state index is 12.4. The summed E-state index contributed by atoms with van der Waals surface area (Å²) in [5, 5.41) is 19.2. The van der Waals surface area contributed by atoms with Crippen molar-refractivity contribution in [3.63, 3.8) is 0 Å². The van der Waals surface area contributed by atoms with Crippen LogP contribution in [0.2, 0.25) is 0 Å². The van der Waals surface area contributed by atoms with Crippen molar-refractivity contribution in [2.45, 2.75) is 31.2 Å². The highest BCUT2D eigenvalue weighted by Crippen LogP contribution is 2.30. The molecule has 0 amide bonds. The number of rotatable bonds is 5. The molecule has 0 fully saturated rings. The van der Waals surface area contributed by atoms with Gasteiger partial charge in [-0.15, -0.1) is 11.3 Å². The Balaban J connectivity index is 3.32. The molecule has 1 N–H and O–H groups in total. The van der Waals surface area contributed by atoms with Gasteiger partial charge in [-0.2, -0.15) is 9.57 Å². The van der Waals surface area contributed by atoms with Crippen LogP contribution in [-0.4, -0.2) is 36.9 Å². The lowest BCUT2D eigenvalue weighted by molar-refractivity contribution is 0.0698. The first-order valence-corrected chi connectivity index (χ1v) is 7.71. The third kappa shape index (κ3) is 2.94. The van der Waals surface area contributed by atoms with Crippen molar-refractivity contribution < 1.29 is 18.3 Å². The SMILES string of the molecule is Cc1csc(C(=O)O)c1S(=O)(=O)N(C)C(C)CC#N. The van der Waals surface area contributed by atoms with Gasteiger partial charge in [0.25, 0.3) is 0 Å². The van der Waals surface area contributed by atoms with Crippen molar-refractivity contribution in [1.29, 1.82) is 5.26 Å². The van der Waals surface area contributed by atoms with Crippen LogP contribution in [0.15, 0.2) is 10.3 Å². The molecule has 1 aromatic heterocycles. The number of carbonyl (C=O) groups is 1. The smallest absolute Gasteiger partial charge is 0.347 e. The molecule has 0 aromatic carbocycles. The lowest BCUT2D eigenvalue weighted by atomic mass is 10.3. The minimum absolute atomic E-state index is 0.0430. The van der Waals surface area contributed by atoms with Gasteiger partial charge in [0.05, 0.1) is 12.5 Å². The Hall–Kier alpha value is -1.43. The van der Waals surface area contributed by atoms with Gasteiger partial charge in [0.2, 0.25) is 10.0 Å². The Morgan fingerprint density at radius 1 is 1.63 bits per heavy atom. The molecule has 0 aliphatic rings. The molecule has 1 aromatic rings. The third-order valence-electron chi connectivity index (χ3n) is 2.76. The fraction of sp³-hybridized carbons (Fsp3) is 0.455.